The predicted octanol–water partition coefficient (Wildman–Crippen LogP) is 21.6. The van der Waals surface area contributed by atoms with E-state index in [2.05, 4.69) is 294 Å². The Balaban J connectivity index is 0.903. The second-order valence-corrected chi connectivity index (χ2v) is 27.2. The highest BCUT2D eigenvalue weighted by molar-refractivity contribution is 6.12. The fourth-order valence-electron chi connectivity index (χ4n) is 17.7. The predicted molar refractivity (Wildman–Crippen MR) is 349 cm³/mol. The van der Waals surface area contributed by atoms with E-state index in [1.54, 1.807) is 11.1 Å². The zero-order valence-corrected chi connectivity index (χ0v) is 48.4. The van der Waals surface area contributed by atoms with Crippen LogP contribution in [-0.2, 0) is 16.2 Å². The van der Waals surface area contributed by atoms with Gasteiger partial charge in [0, 0.05) is 38.6 Å². The first kappa shape index (κ1) is 48.9. The lowest BCUT2D eigenvalue weighted by atomic mass is 9.11. The Bertz CT molecular complexity index is 4610. The van der Waals surface area contributed by atoms with Crippen LogP contribution in [0.3, 0.4) is 0 Å². The Morgan fingerprint density at radius 1 is 0.373 bits per heavy atom. The van der Waals surface area contributed by atoms with E-state index in [1.165, 1.54) is 119 Å². The standard InChI is InChI=1S/C81H68N2/c1-78(2,3)54-42-53(43-55(46-54)79(4,5)6)61-31-20-22-50-23-21-32-67(77(50)61)65-30-14-19-37-73(65)83(71-35-17-12-27-60(71)52-39-41-66-64-29-13-18-36-72(64)82(74(66)45-52)58-24-8-7-9-25-58)70-34-16-11-26-59(70)51-38-40-63-62-28-10-15-33-68(62)81(69(63)44-51)75-48-56-47-57-49-76(81)80(56,57)75/h7-46,56-57,75-76H,47-49H2,1-6H3. The van der Waals surface area contributed by atoms with Crippen molar-refractivity contribution in [1.29, 1.82) is 0 Å². The van der Waals surface area contributed by atoms with Crippen LogP contribution in [0.2, 0.25) is 0 Å². The molecule has 4 atom stereocenters. The average Bonchev–Trinajstić information content (AvgIpc) is 1.57. The first-order chi connectivity index (χ1) is 40.4. The second-order valence-electron chi connectivity index (χ2n) is 27.2. The molecule has 17 rings (SSSR count). The van der Waals surface area contributed by atoms with Gasteiger partial charge in [-0.15, -0.1) is 0 Å². The topological polar surface area (TPSA) is 8.17 Å². The lowest BCUT2D eigenvalue weighted by molar-refractivity contribution is -0.412. The fourth-order valence-corrected chi connectivity index (χ4v) is 17.7. The maximum Gasteiger partial charge on any atom is 0.0547 e. The summed E-state index contributed by atoms with van der Waals surface area (Å²) >= 11 is 0. The summed E-state index contributed by atoms with van der Waals surface area (Å²) in [6.07, 6.45) is 4.24. The Labute approximate surface area is 488 Å². The Morgan fingerprint density at radius 3 is 1.55 bits per heavy atom. The number of hydrogen-bond donors (Lipinski definition) is 0. The Kier molecular flexibility index (Phi) is 10.3. The second kappa shape index (κ2) is 17.4. The molecule has 0 radical (unpaired) electrons. The van der Waals surface area contributed by atoms with Gasteiger partial charge in [-0.25, -0.2) is 0 Å². The van der Waals surface area contributed by atoms with Crippen LogP contribution in [0.1, 0.15) is 83.1 Å². The van der Waals surface area contributed by atoms with Gasteiger partial charge in [-0.3, -0.25) is 0 Å². The zero-order chi connectivity index (χ0) is 55.7. The number of hydrogen-bond acceptors (Lipinski definition) is 1. The SMILES string of the molecule is CC(C)(C)c1cc(-c2cccc3cccc(-c4ccccc4N(c4ccccc4-c4ccc5c(c4)C4(c6ccccc6-5)C5CC6CC7CC4C675)c4ccccc4-c4ccc5c6ccccc6n(-c6ccccc6)c5c4)c23)cc(C(C)(C)C)c1. The van der Waals surface area contributed by atoms with Gasteiger partial charge in [-0.2, -0.15) is 0 Å². The monoisotopic (exact) mass is 1070 g/mol. The average molecular weight is 1070 g/mol. The van der Waals surface area contributed by atoms with Crippen LogP contribution in [-0.4, -0.2) is 4.57 Å². The molecule has 4 unspecified atom stereocenters. The summed E-state index contributed by atoms with van der Waals surface area (Å²) in [5.74, 6) is 3.40. The van der Waals surface area contributed by atoms with Crippen molar-refractivity contribution < 1.29 is 0 Å². The highest BCUT2D eigenvalue weighted by Crippen LogP contribution is 2.95. The van der Waals surface area contributed by atoms with E-state index in [-0.39, 0.29) is 16.2 Å². The molecule has 402 valence electrons. The third-order valence-electron chi connectivity index (χ3n) is 21.4. The summed E-state index contributed by atoms with van der Waals surface area (Å²) in [5, 5.41) is 4.99. The summed E-state index contributed by atoms with van der Waals surface area (Å²) in [7, 11) is 0. The molecule has 5 aliphatic carbocycles. The minimum Gasteiger partial charge on any atom is -0.309 e. The van der Waals surface area contributed by atoms with Crippen molar-refractivity contribution in [2.24, 2.45) is 29.1 Å². The Hall–Kier alpha value is -8.72. The van der Waals surface area contributed by atoms with Crippen LogP contribution < -0.4 is 4.90 Å². The third kappa shape index (κ3) is 6.67. The molecule has 1 aromatic heterocycles. The molecule has 0 aliphatic heterocycles. The van der Waals surface area contributed by atoms with E-state index < -0.39 is 0 Å². The summed E-state index contributed by atoms with van der Waals surface area (Å²) in [4.78, 5) is 2.62. The lowest BCUT2D eigenvalue weighted by Gasteiger charge is -2.92. The molecule has 83 heavy (non-hydrogen) atoms. The van der Waals surface area contributed by atoms with Gasteiger partial charge in [-0.05, 0) is 180 Å². The number of fused-ring (bicyclic) bond motifs is 11. The van der Waals surface area contributed by atoms with Gasteiger partial charge < -0.3 is 9.47 Å². The molecular weight excluding hydrogens is 1000 g/mol. The highest BCUT2D eigenvalue weighted by atomic mass is 15.2. The van der Waals surface area contributed by atoms with E-state index in [1.807, 2.05) is 0 Å². The van der Waals surface area contributed by atoms with Gasteiger partial charge in [0.05, 0.1) is 28.1 Å². The highest BCUT2D eigenvalue weighted by Gasteiger charge is 2.90. The minimum atomic E-state index is -0.0273. The van der Waals surface area contributed by atoms with Crippen molar-refractivity contribution in [3.63, 3.8) is 0 Å². The smallest absolute Gasteiger partial charge is 0.0547 e. The van der Waals surface area contributed by atoms with Crippen LogP contribution in [0.4, 0.5) is 17.1 Å². The molecule has 2 spiro atoms. The Morgan fingerprint density at radius 2 is 0.892 bits per heavy atom. The molecule has 1 heterocycles. The van der Waals surface area contributed by atoms with E-state index in [0.29, 0.717) is 5.41 Å². The number of para-hydroxylation sites is 5. The molecule has 0 saturated heterocycles. The molecule has 12 aromatic rings. The van der Waals surface area contributed by atoms with E-state index in [0.717, 1.165) is 46.4 Å². The van der Waals surface area contributed by atoms with Crippen molar-refractivity contribution in [3.8, 4) is 61.3 Å². The number of anilines is 3. The van der Waals surface area contributed by atoms with Crippen molar-refractivity contribution in [2.75, 3.05) is 4.90 Å². The summed E-state index contributed by atoms with van der Waals surface area (Å²) in [6, 6.07) is 92.9. The fraction of sp³-hybridized carbons (Fsp3) is 0.210. The molecule has 4 fully saturated rings. The van der Waals surface area contributed by atoms with E-state index >= 15 is 0 Å². The van der Waals surface area contributed by atoms with Crippen LogP contribution in [0.5, 0.6) is 0 Å². The lowest BCUT2D eigenvalue weighted by Crippen LogP contribution is -2.88. The van der Waals surface area contributed by atoms with Gasteiger partial charge in [0.15, 0.2) is 0 Å². The molecule has 0 bridgehead atoms. The largest absolute Gasteiger partial charge is 0.309 e. The van der Waals surface area contributed by atoms with Crippen molar-refractivity contribution in [1.82, 2.24) is 4.57 Å². The number of nitrogens with zero attached hydrogens (tertiary/aromatic N) is 2. The first-order valence-corrected chi connectivity index (χ1v) is 30.5. The molecule has 5 aliphatic rings. The normalized spacial score (nSPS) is 21.6. The summed E-state index contributed by atoms with van der Waals surface area (Å²) < 4.78 is 2.44. The van der Waals surface area contributed by atoms with Crippen molar-refractivity contribution in [2.45, 2.75) is 77.0 Å². The van der Waals surface area contributed by atoms with Gasteiger partial charge in [0.25, 0.3) is 0 Å². The molecule has 2 nitrogen and oxygen atoms in total. The number of rotatable bonds is 8. The van der Waals surface area contributed by atoms with Crippen LogP contribution in [0.25, 0.3) is 93.9 Å². The molecule has 11 aromatic carbocycles. The summed E-state index contributed by atoms with van der Waals surface area (Å²) in [6.45, 7) is 14.1. The number of benzene rings is 11. The van der Waals surface area contributed by atoms with E-state index in [9.17, 15) is 0 Å². The first-order valence-electron chi connectivity index (χ1n) is 30.5. The van der Waals surface area contributed by atoms with Gasteiger partial charge in [-0.1, -0.05) is 236 Å². The quantitative estimate of drug-likeness (QED) is 0.147. The van der Waals surface area contributed by atoms with Crippen LogP contribution in [0.15, 0.2) is 243 Å². The zero-order valence-electron chi connectivity index (χ0n) is 48.4. The third-order valence-corrected chi connectivity index (χ3v) is 21.4. The number of aromatic nitrogens is 1. The van der Waals surface area contributed by atoms with Crippen LogP contribution in [0, 0.1) is 29.1 Å². The molecule has 0 amide bonds. The molecular formula is C81H68N2. The molecule has 4 saturated carbocycles. The molecule has 0 N–H and O–H groups in total. The van der Waals surface area contributed by atoms with Gasteiger partial charge in [0.1, 0.15) is 0 Å². The minimum absolute atomic E-state index is 0.0273. The molecule has 2 heteroatoms. The maximum absolute atomic E-state index is 2.67. The van der Waals surface area contributed by atoms with Crippen LogP contribution >= 0.6 is 0 Å². The van der Waals surface area contributed by atoms with E-state index in [4.69, 9.17) is 0 Å². The van der Waals surface area contributed by atoms with Crippen molar-refractivity contribution in [3.05, 3.63) is 265 Å². The van der Waals surface area contributed by atoms with Gasteiger partial charge >= 0.3 is 0 Å². The van der Waals surface area contributed by atoms with Gasteiger partial charge in [0.2, 0.25) is 0 Å². The summed E-state index contributed by atoms with van der Waals surface area (Å²) in [5.41, 5.74) is 26.2. The van der Waals surface area contributed by atoms with Crippen molar-refractivity contribution >= 4 is 49.6 Å². The maximum atomic E-state index is 2.67.